The number of aromatic nitrogens is 1. The van der Waals surface area contributed by atoms with Crippen LogP contribution in [0.4, 0.5) is 5.69 Å². The van der Waals surface area contributed by atoms with Crippen LogP contribution in [-0.4, -0.2) is 51.8 Å². The molecule has 1 aliphatic rings. The van der Waals surface area contributed by atoms with Crippen LogP contribution < -0.4 is 5.32 Å². The van der Waals surface area contributed by atoms with Crippen molar-refractivity contribution in [1.29, 1.82) is 0 Å². The van der Waals surface area contributed by atoms with Gasteiger partial charge in [-0.05, 0) is 30.5 Å². The Morgan fingerprint density at radius 1 is 1.46 bits per heavy atom. The van der Waals surface area contributed by atoms with Crippen molar-refractivity contribution in [1.82, 2.24) is 9.88 Å². The number of likely N-dealkylation sites (tertiary alicyclic amines) is 1. The number of thiazole rings is 1. The van der Waals surface area contributed by atoms with Crippen LogP contribution >= 0.6 is 23.1 Å². The average Bonchev–Trinajstić information content (AvgIpc) is 3.28. The number of amides is 1. The first-order valence-corrected chi connectivity index (χ1v) is 10.9. The van der Waals surface area contributed by atoms with Gasteiger partial charge in [0.05, 0.1) is 0 Å². The van der Waals surface area contributed by atoms with Gasteiger partial charge in [0, 0.05) is 42.4 Å². The quantitative estimate of drug-likeness (QED) is 0.599. The molecule has 0 spiro atoms. The molecular weight excluding hydrogens is 394 g/mol. The Hall–Kier alpha value is -2.32. The number of carbonyl (C=O) groups is 2. The Labute approximate surface area is 172 Å². The highest BCUT2D eigenvalue weighted by atomic mass is 32.2. The first kappa shape index (κ1) is 20.4. The Morgan fingerprint density at radius 2 is 2.25 bits per heavy atom. The van der Waals surface area contributed by atoms with Crippen LogP contribution in [0.25, 0.3) is 5.57 Å². The van der Waals surface area contributed by atoms with Gasteiger partial charge in [-0.2, -0.15) is 0 Å². The van der Waals surface area contributed by atoms with E-state index in [-0.39, 0.29) is 17.6 Å². The molecule has 1 aliphatic heterocycles. The molecule has 6 nitrogen and oxygen atoms in total. The predicted octanol–water partition coefficient (Wildman–Crippen LogP) is 4.07. The molecular formula is C20H23N3O3S2. The van der Waals surface area contributed by atoms with Crippen LogP contribution in [0, 0.1) is 0 Å². The minimum Gasteiger partial charge on any atom is -0.476 e. The molecule has 2 N–H and O–H groups in total. The highest BCUT2D eigenvalue weighted by Gasteiger charge is 2.30. The van der Waals surface area contributed by atoms with Crippen LogP contribution in [0.1, 0.15) is 35.8 Å². The molecule has 148 valence electrons. The molecule has 0 unspecified atom stereocenters. The van der Waals surface area contributed by atoms with Crippen molar-refractivity contribution in [3.05, 3.63) is 47.5 Å². The molecule has 1 fully saturated rings. The van der Waals surface area contributed by atoms with Crippen molar-refractivity contribution in [2.75, 3.05) is 24.2 Å². The van der Waals surface area contributed by atoms with E-state index in [0.29, 0.717) is 29.6 Å². The maximum atomic E-state index is 12.3. The summed E-state index contributed by atoms with van der Waals surface area (Å²) >= 11 is 2.81. The lowest BCUT2D eigenvalue weighted by Crippen LogP contribution is -2.39. The fourth-order valence-electron chi connectivity index (χ4n) is 3.20. The lowest BCUT2D eigenvalue weighted by atomic mass is 10.1. The molecule has 8 heteroatoms. The molecule has 0 bridgehead atoms. The second-order valence-corrected chi connectivity index (χ2v) is 8.84. The molecule has 3 rings (SSSR count). The van der Waals surface area contributed by atoms with E-state index in [0.717, 1.165) is 23.2 Å². The monoisotopic (exact) mass is 417 g/mol. The van der Waals surface area contributed by atoms with Crippen LogP contribution in [0.3, 0.4) is 0 Å². The SMILES string of the molecule is C=C(C)c1ccccc1NC[C@H]1CCC(=O)N1CCSc1nc(C(=O)O)cs1. The number of allylic oxidation sites excluding steroid dienone is 1. The summed E-state index contributed by atoms with van der Waals surface area (Å²) in [7, 11) is 0. The topological polar surface area (TPSA) is 82.5 Å². The number of rotatable bonds is 9. The summed E-state index contributed by atoms with van der Waals surface area (Å²) in [6.07, 6.45) is 1.41. The van der Waals surface area contributed by atoms with Crippen molar-refractivity contribution in [3.8, 4) is 0 Å². The minimum absolute atomic E-state index is 0.0722. The number of aromatic carboxylic acids is 1. The summed E-state index contributed by atoms with van der Waals surface area (Å²) in [5.74, 6) is -0.151. The van der Waals surface area contributed by atoms with Crippen molar-refractivity contribution in [2.45, 2.75) is 30.1 Å². The van der Waals surface area contributed by atoms with Gasteiger partial charge < -0.3 is 15.3 Å². The summed E-state index contributed by atoms with van der Waals surface area (Å²) < 4.78 is 0.717. The third-order valence-corrected chi connectivity index (χ3v) is 6.63. The van der Waals surface area contributed by atoms with Gasteiger partial charge in [-0.1, -0.05) is 36.5 Å². The van der Waals surface area contributed by atoms with Crippen molar-refractivity contribution in [3.63, 3.8) is 0 Å². The standard InChI is InChI=1S/C20H23N3O3S2/c1-13(2)15-5-3-4-6-16(15)21-11-14-7-8-18(24)23(14)9-10-27-20-22-17(12-28-20)19(25)26/h3-6,12,14,21H,1,7-11H2,2H3,(H,25,26)/t14-/m1/s1. The van der Waals surface area contributed by atoms with Crippen molar-refractivity contribution >= 4 is 46.2 Å². The maximum Gasteiger partial charge on any atom is 0.355 e. The number of benzene rings is 1. The third-order valence-electron chi connectivity index (χ3n) is 4.63. The van der Waals surface area contributed by atoms with Gasteiger partial charge in [-0.3, -0.25) is 4.79 Å². The van der Waals surface area contributed by atoms with E-state index >= 15 is 0 Å². The van der Waals surface area contributed by atoms with E-state index in [1.807, 2.05) is 36.1 Å². The molecule has 0 saturated carbocycles. The van der Waals surface area contributed by atoms with E-state index in [9.17, 15) is 9.59 Å². The number of anilines is 1. The van der Waals surface area contributed by atoms with E-state index in [1.54, 1.807) is 0 Å². The van der Waals surface area contributed by atoms with Gasteiger partial charge in [0.2, 0.25) is 5.91 Å². The minimum atomic E-state index is -1.01. The molecule has 1 amide bonds. The predicted molar refractivity (Wildman–Crippen MR) is 114 cm³/mol. The molecule has 0 radical (unpaired) electrons. The maximum absolute atomic E-state index is 12.3. The van der Waals surface area contributed by atoms with E-state index in [1.165, 1.54) is 28.5 Å². The lowest BCUT2D eigenvalue weighted by Gasteiger charge is -2.25. The second-order valence-electron chi connectivity index (χ2n) is 6.64. The van der Waals surface area contributed by atoms with Crippen LogP contribution in [-0.2, 0) is 4.79 Å². The Kier molecular flexibility index (Phi) is 6.74. The molecule has 28 heavy (non-hydrogen) atoms. The number of nitrogens with one attached hydrogen (secondary N) is 1. The second kappa shape index (κ2) is 9.25. The summed E-state index contributed by atoms with van der Waals surface area (Å²) in [6, 6.07) is 8.20. The zero-order valence-corrected chi connectivity index (χ0v) is 17.3. The fraction of sp³-hybridized carbons (Fsp3) is 0.350. The van der Waals surface area contributed by atoms with Gasteiger partial charge >= 0.3 is 5.97 Å². The summed E-state index contributed by atoms with van der Waals surface area (Å²) in [4.78, 5) is 29.2. The average molecular weight is 418 g/mol. The highest BCUT2D eigenvalue weighted by molar-refractivity contribution is 8.01. The first-order valence-electron chi connectivity index (χ1n) is 9.05. The lowest BCUT2D eigenvalue weighted by molar-refractivity contribution is -0.128. The smallest absolute Gasteiger partial charge is 0.355 e. The number of thioether (sulfide) groups is 1. The van der Waals surface area contributed by atoms with E-state index < -0.39 is 5.97 Å². The molecule has 2 heterocycles. The van der Waals surface area contributed by atoms with Crippen LogP contribution in [0.15, 0.2) is 40.6 Å². The van der Waals surface area contributed by atoms with Gasteiger partial charge in [-0.25, -0.2) is 9.78 Å². The summed E-state index contributed by atoms with van der Waals surface area (Å²) in [5.41, 5.74) is 3.20. The van der Waals surface area contributed by atoms with Crippen molar-refractivity contribution < 1.29 is 14.7 Å². The molecule has 1 atom stereocenters. The molecule has 1 aromatic heterocycles. The molecule has 2 aromatic rings. The molecule has 1 saturated heterocycles. The normalized spacial score (nSPS) is 16.4. The number of carboxylic acids is 1. The molecule has 1 aromatic carbocycles. The van der Waals surface area contributed by atoms with Crippen LogP contribution in [0.2, 0.25) is 0 Å². The van der Waals surface area contributed by atoms with E-state index in [2.05, 4.69) is 16.9 Å². The van der Waals surface area contributed by atoms with Crippen LogP contribution in [0.5, 0.6) is 0 Å². The largest absolute Gasteiger partial charge is 0.476 e. The number of hydrogen-bond acceptors (Lipinski definition) is 6. The number of hydrogen-bond donors (Lipinski definition) is 2. The number of carbonyl (C=O) groups excluding carboxylic acids is 1. The van der Waals surface area contributed by atoms with Gasteiger partial charge in [0.25, 0.3) is 0 Å². The van der Waals surface area contributed by atoms with Crippen molar-refractivity contribution in [2.24, 2.45) is 0 Å². The summed E-state index contributed by atoms with van der Waals surface area (Å²) in [5, 5.41) is 14.0. The van der Waals surface area contributed by atoms with Gasteiger partial charge in [0.1, 0.15) is 0 Å². The summed E-state index contributed by atoms with van der Waals surface area (Å²) in [6.45, 7) is 7.33. The van der Waals surface area contributed by atoms with Gasteiger partial charge in [-0.15, -0.1) is 11.3 Å². The third kappa shape index (κ3) is 4.94. The number of carboxylic acid groups (broad SMARTS) is 1. The first-order chi connectivity index (χ1) is 13.5. The molecule has 0 aliphatic carbocycles. The highest BCUT2D eigenvalue weighted by Crippen LogP contribution is 2.26. The fourth-order valence-corrected chi connectivity index (χ4v) is 5.01. The Balaban J connectivity index is 1.54. The Bertz CT molecular complexity index is 881. The Morgan fingerprint density at radius 3 is 2.96 bits per heavy atom. The number of para-hydroxylation sites is 1. The number of nitrogens with zero attached hydrogens (tertiary/aromatic N) is 2. The zero-order chi connectivity index (χ0) is 20.1. The zero-order valence-electron chi connectivity index (χ0n) is 15.7. The van der Waals surface area contributed by atoms with E-state index in [4.69, 9.17) is 5.11 Å². The van der Waals surface area contributed by atoms with Gasteiger partial charge in [0.15, 0.2) is 10.0 Å².